The molecule has 1 aliphatic heterocycles. The van der Waals surface area contributed by atoms with E-state index in [0.29, 0.717) is 23.7 Å². The fourth-order valence-electron chi connectivity index (χ4n) is 8.96. The topological polar surface area (TPSA) is 71.9 Å². The van der Waals surface area contributed by atoms with Gasteiger partial charge in [0, 0.05) is 17.4 Å². The van der Waals surface area contributed by atoms with Crippen molar-refractivity contribution in [3.05, 3.63) is 35.8 Å². The monoisotopic (exact) mass is 411 g/mol. The van der Waals surface area contributed by atoms with Crippen molar-refractivity contribution >= 4 is 0 Å². The molecule has 3 N–H and O–H groups in total. The number of epoxide rings is 1. The van der Waals surface area contributed by atoms with Gasteiger partial charge in [-0.15, -0.1) is 0 Å². The Hall–Kier alpha value is -1.10. The van der Waals surface area contributed by atoms with Gasteiger partial charge in [-0.2, -0.15) is 0 Å². The predicted octanol–water partition coefficient (Wildman–Crippen LogP) is 4.92. The van der Waals surface area contributed by atoms with Crippen LogP contribution in [0.15, 0.2) is 34.7 Å². The summed E-state index contributed by atoms with van der Waals surface area (Å²) in [7, 11) is 0. The van der Waals surface area contributed by atoms with E-state index < -0.39 is 5.60 Å². The number of fused-ring (bicyclic) bond motifs is 3. The molecular formula is C26H37NO3. The van der Waals surface area contributed by atoms with E-state index >= 15 is 0 Å². The molecule has 4 aliphatic carbocycles. The summed E-state index contributed by atoms with van der Waals surface area (Å²) in [6.45, 7) is 5.67. The van der Waals surface area contributed by atoms with Crippen molar-refractivity contribution in [1.82, 2.24) is 0 Å². The zero-order valence-corrected chi connectivity index (χ0v) is 18.5. The van der Waals surface area contributed by atoms with Gasteiger partial charge >= 0.3 is 0 Å². The highest BCUT2D eigenvalue weighted by molar-refractivity contribution is 5.39. The van der Waals surface area contributed by atoms with E-state index in [1.54, 1.807) is 18.1 Å². The molecule has 3 unspecified atom stereocenters. The van der Waals surface area contributed by atoms with Gasteiger partial charge < -0.3 is 20.0 Å². The molecule has 0 bridgehead atoms. The summed E-state index contributed by atoms with van der Waals surface area (Å²) in [5.41, 5.74) is 7.55. The van der Waals surface area contributed by atoms with Crippen LogP contribution in [0.4, 0.5) is 0 Å². The molecule has 5 aliphatic rings. The van der Waals surface area contributed by atoms with E-state index in [9.17, 15) is 5.11 Å². The number of rotatable bonds is 4. The van der Waals surface area contributed by atoms with E-state index in [4.69, 9.17) is 14.9 Å². The Balaban J connectivity index is 1.35. The SMILES string of the molecule is C[C@]12CC(CCCN)CC=C1CC[C@@H]1[C@H]2CC[C@]2(C)C(O)(c3ccoc3)CC3O[C@]312. The van der Waals surface area contributed by atoms with Gasteiger partial charge in [0.2, 0.25) is 0 Å². The van der Waals surface area contributed by atoms with Gasteiger partial charge in [0.05, 0.1) is 18.6 Å². The van der Waals surface area contributed by atoms with Crippen LogP contribution in [0, 0.1) is 28.6 Å². The average molecular weight is 412 g/mol. The molecule has 1 aromatic heterocycles. The van der Waals surface area contributed by atoms with Gasteiger partial charge in [-0.05, 0) is 87.1 Å². The smallest absolute Gasteiger partial charge is 0.106 e. The highest BCUT2D eigenvalue weighted by atomic mass is 16.6. The quantitative estimate of drug-likeness (QED) is 0.545. The van der Waals surface area contributed by atoms with Crippen molar-refractivity contribution in [2.45, 2.75) is 88.9 Å². The van der Waals surface area contributed by atoms with E-state index in [-0.39, 0.29) is 17.1 Å². The number of nitrogens with two attached hydrogens (primary N) is 1. The first-order valence-corrected chi connectivity index (χ1v) is 12.2. The van der Waals surface area contributed by atoms with Crippen molar-refractivity contribution in [3.63, 3.8) is 0 Å². The average Bonchev–Trinajstić information content (AvgIpc) is 3.10. The molecule has 2 heterocycles. The van der Waals surface area contributed by atoms with E-state index in [1.807, 2.05) is 6.07 Å². The maximum Gasteiger partial charge on any atom is 0.106 e. The first kappa shape index (κ1) is 19.6. The Morgan fingerprint density at radius 3 is 2.83 bits per heavy atom. The van der Waals surface area contributed by atoms with Crippen LogP contribution in [0.2, 0.25) is 0 Å². The number of allylic oxidation sites excluding steroid dienone is 2. The number of hydrogen-bond acceptors (Lipinski definition) is 4. The number of furan rings is 1. The molecule has 8 atom stereocenters. The van der Waals surface area contributed by atoms with Crippen molar-refractivity contribution in [1.29, 1.82) is 0 Å². The van der Waals surface area contributed by atoms with Crippen LogP contribution >= 0.6 is 0 Å². The van der Waals surface area contributed by atoms with Crippen LogP contribution in [0.1, 0.15) is 77.2 Å². The van der Waals surface area contributed by atoms with Gasteiger partial charge in [-0.3, -0.25) is 0 Å². The van der Waals surface area contributed by atoms with Gasteiger partial charge in [0.15, 0.2) is 0 Å². The molecule has 4 fully saturated rings. The van der Waals surface area contributed by atoms with Crippen LogP contribution in [0.5, 0.6) is 0 Å². The summed E-state index contributed by atoms with van der Waals surface area (Å²) >= 11 is 0. The Morgan fingerprint density at radius 1 is 1.20 bits per heavy atom. The number of aliphatic hydroxyl groups is 1. The highest BCUT2D eigenvalue weighted by Gasteiger charge is 2.84. The minimum Gasteiger partial charge on any atom is -0.472 e. The Labute approximate surface area is 180 Å². The van der Waals surface area contributed by atoms with Crippen LogP contribution in [0.3, 0.4) is 0 Å². The summed E-state index contributed by atoms with van der Waals surface area (Å²) in [4.78, 5) is 0. The molecule has 164 valence electrons. The lowest BCUT2D eigenvalue weighted by Crippen LogP contribution is -2.59. The number of hydrogen-bond donors (Lipinski definition) is 2. The summed E-state index contributed by atoms with van der Waals surface area (Å²) in [5.74, 6) is 2.00. The van der Waals surface area contributed by atoms with Gasteiger partial charge in [-0.1, -0.05) is 25.5 Å². The molecule has 1 spiro atoms. The van der Waals surface area contributed by atoms with E-state index in [0.717, 1.165) is 30.9 Å². The van der Waals surface area contributed by atoms with Gasteiger partial charge in [0.25, 0.3) is 0 Å². The van der Waals surface area contributed by atoms with E-state index in [2.05, 4.69) is 19.9 Å². The fourth-order valence-corrected chi connectivity index (χ4v) is 8.96. The van der Waals surface area contributed by atoms with Crippen molar-refractivity contribution in [3.8, 4) is 0 Å². The largest absolute Gasteiger partial charge is 0.472 e. The molecule has 6 rings (SSSR count). The number of ether oxygens (including phenoxy) is 1. The molecule has 0 aromatic carbocycles. The first-order chi connectivity index (χ1) is 14.4. The first-order valence-electron chi connectivity index (χ1n) is 12.2. The molecule has 0 radical (unpaired) electrons. The van der Waals surface area contributed by atoms with Crippen LogP contribution < -0.4 is 5.73 Å². The highest BCUT2D eigenvalue weighted by Crippen LogP contribution is 2.78. The Morgan fingerprint density at radius 2 is 2.07 bits per heavy atom. The summed E-state index contributed by atoms with van der Waals surface area (Å²) in [5, 5.41) is 12.0. The minimum atomic E-state index is -0.832. The molecule has 4 nitrogen and oxygen atoms in total. The normalized spacial score (nSPS) is 51.4. The Bertz CT molecular complexity index is 864. The molecule has 4 heteroatoms. The molecular weight excluding hydrogens is 374 g/mol. The van der Waals surface area contributed by atoms with Gasteiger partial charge in [0.1, 0.15) is 11.2 Å². The Kier molecular flexibility index (Phi) is 4.07. The molecule has 30 heavy (non-hydrogen) atoms. The standard InChI is InChI=1S/C26H37NO3/c1-23-14-17(4-3-12-27)5-6-18(23)7-8-21-20(23)9-11-24(2)25(28,19-10-13-29-16-19)15-22-26(21,24)30-22/h6,10,13,16-17,20-22,28H,3-5,7-9,11-12,14-15,27H2,1-2H3/t17?,20-,21-,22?,23+,24-,25?,26+/m1/s1. The molecule has 1 saturated heterocycles. The lowest BCUT2D eigenvalue weighted by atomic mass is 9.45. The zero-order valence-electron chi connectivity index (χ0n) is 18.5. The lowest BCUT2D eigenvalue weighted by molar-refractivity contribution is -0.175. The van der Waals surface area contributed by atoms with Crippen LogP contribution in [-0.2, 0) is 10.3 Å². The van der Waals surface area contributed by atoms with Crippen LogP contribution in [0.25, 0.3) is 0 Å². The maximum absolute atomic E-state index is 12.0. The third kappa shape index (κ3) is 2.18. The second-order valence-electron chi connectivity index (χ2n) is 11.5. The second kappa shape index (κ2) is 6.24. The zero-order chi connectivity index (χ0) is 20.8. The van der Waals surface area contributed by atoms with E-state index in [1.165, 1.54) is 38.5 Å². The van der Waals surface area contributed by atoms with Gasteiger partial charge in [-0.25, -0.2) is 0 Å². The second-order valence-corrected chi connectivity index (χ2v) is 11.5. The van der Waals surface area contributed by atoms with Crippen molar-refractivity contribution in [2.24, 2.45) is 34.3 Å². The summed E-state index contributed by atoms with van der Waals surface area (Å²) < 4.78 is 12.0. The minimum absolute atomic E-state index is 0.152. The third-order valence-corrected chi connectivity index (χ3v) is 10.5. The molecule has 0 amide bonds. The van der Waals surface area contributed by atoms with Crippen molar-refractivity contribution in [2.75, 3.05) is 6.54 Å². The molecule has 3 saturated carbocycles. The fraction of sp³-hybridized carbons (Fsp3) is 0.769. The predicted molar refractivity (Wildman–Crippen MR) is 116 cm³/mol. The third-order valence-electron chi connectivity index (χ3n) is 10.5. The lowest BCUT2D eigenvalue weighted by Gasteiger charge is -2.60. The molecule has 1 aromatic rings. The summed E-state index contributed by atoms with van der Waals surface area (Å²) in [6.07, 6.45) is 16.5. The summed E-state index contributed by atoms with van der Waals surface area (Å²) in [6, 6.07) is 1.96. The van der Waals surface area contributed by atoms with Crippen molar-refractivity contribution < 1.29 is 14.3 Å². The van der Waals surface area contributed by atoms with Crippen LogP contribution in [-0.4, -0.2) is 23.4 Å². The maximum atomic E-state index is 12.0.